The monoisotopic (exact) mass is 397 g/mol. The molecule has 1 aromatic heterocycles. The maximum Gasteiger partial charge on any atom is 0.335 e. The van der Waals surface area contributed by atoms with Crippen LogP contribution in [-0.4, -0.2) is 37.7 Å². The van der Waals surface area contributed by atoms with Crippen molar-refractivity contribution in [1.29, 1.82) is 0 Å². The fourth-order valence-corrected chi connectivity index (χ4v) is 3.18. The number of hydrogen-bond donors (Lipinski definition) is 1. The molecule has 1 aromatic carbocycles. The number of barbiturate groups is 1. The molecule has 0 spiro atoms. The van der Waals surface area contributed by atoms with Gasteiger partial charge < -0.3 is 18.8 Å². The summed E-state index contributed by atoms with van der Waals surface area (Å²) in [6, 6.07) is 7.26. The van der Waals surface area contributed by atoms with Crippen LogP contribution in [0.4, 0.5) is 16.4 Å². The van der Waals surface area contributed by atoms with Crippen LogP contribution in [0.15, 0.2) is 40.3 Å². The zero-order valence-corrected chi connectivity index (χ0v) is 15.9. The van der Waals surface area contributed by atoms with E-state index in [0.29, 0.717) is 23.1 Å². The van der Waals surface area contributed by atoms with E-state index in [2.05, 4.69) is 5.32 Å². The number of amides is 4. The Morgan fingerprint density at radius 2 is 1.83 bits per heavy atom. The molecule has 0 atom stereocenters. The molecule has 2 aromatic rings. The average Bonchev–Trinajstić information content (AvgIpc) is 3.35. The molecule has 0 radical (unpaired) electrons. The molecule has 2 aliphatic rings. The Bertz CT molecular complexity index is 1020. The predicted molar refractivity (Wildman–Crippen MR) is 104 cm³/mol. The maximum absolute atomic E-state index is 13.0. The maximum atomic E-state index is 13.0. The Labute approximate surface area is 166 Å². The molecule has 3 heterocycles. The van der Waals surface area contributed by atoms with Crippen molar-refractivity contribution < 1.29 is 28.3 Å². The summed E-state index contributed by atoms with van der Waals surface area (Å²) in [6.45, 7) is 5.57. The molecule has 9 nitrogen and oxygen atoms in total. The lowest BCUT2D eigenvalue weighted by Crippen LogP contribution is -2.54. The van der Waals surface area contributed by atoms with Crippen LogP contribution >= 0.6 is 0 Å². The Balaban J connectivity index is 1.66. The molecule has 9 heteroatoms. The number of urea groups is 1. The number of imide groups is 2. The lowest BCUT2D eigenvalue weighted by Gasteiger charge is -2.26. The molecule has 1 N–H and O–H groups in total. The molecule has 4 amide bonds. The number of anilines is 2. The van der Waals surface area contributed by atoms with Crippen molar-refractivity contribution in [2.75, 3.05) is 29.7 Å². The van der Waals surface area contributed by atoms with E-state index in [4.69, 9.17) is 13.9 Å². The SMILES string of the molecule is CCN(CC)c1ccc(/C=C2\C(=O)NC(=O)N(c3ccc4c(c3)OCO4)C2=O)o1. The lowest BCUT2D eigenvalue weighted by molar-refractivity contribution is -0.122. The third-order valence-corrected chi connectivity index (χ3v) is 4.69. The van der Waals surface area contributed by atoms with Gasteiger partial charge in [-0.05, 0) is 38.1 Å². The fourth-order valence-electron chi connectivity index (χ4n) is 3.18. The molecule has 0 aliphatic carbocycles. The molecule has 4 rings (SSSR count). The molecule has 1 fully saturated rings. The Morgan fingerprint density at radius 1 is 1.07 bits per heavy atom. The summed E-state index contributed by atoms with van der Waals surface area (Å²) >= 11 is 0. The Kier molecular flexibility index (Phi) is 4.71. The van der Waals surface area contributed by atoms with Crippen LogP contribution in [0, 0.1) is 0 Å². The van der Waals surface area contributed by atoms with Crippen LogP contribution in [0.3, 0.4) is 0 Å². The molecule has 1 saturated heterocycles. The van der Waals surface area contributed by atoms with Crippen molar-refractivity contribution in [2.45, 2.75) is 13.8 Å². The van der Waals surface area contributed by atoms with Crippen LogP contribution in [0.1, 0.15) is 19.6 Å². The van der Waals surface area contributed by atoms with Crippen molar-refractivity contribution >= 4 is 35.5 Å². The summed E-state index contributed by atoms with van der Waals surface area (Å²) < 4.78 is 16.3. The number of rotatable bonds is 5. The van der Waals surface area contributed by atoms with Crippen molar-refractivity contribution in [3.05, 3.63) is 41.7 Å². The molecule has 0 bridgehead atoms. The number of furan rings is 1. The van der Waals surface area contributed by atoms with E-state index in [1.54, 1.807) is 24.3 Å². The second kappa shape index (κ2) is 7.34. The van der Waals surface area contributed by atoms with Gasteiger partial charge in [-0.1, -0.05) is 0 Å². The van der Waals surface area contributed by atoms with Gasteiger partial charge in [-0.2, -0.15) is 0 Å². The number of carbonyl (C=O) groups excluding carboxylic acids is 3. The van der Waals surface area contributed by atoms with Gasteiger partial charge in [-0.15, -0.1) is 0 Å². The number of fused-ring (bicyclic) bond motifs is 1. The first-order valence-corrected chi connectivity index (χ1v) is 9.17. The number of ether oxygens (including phenoxy) is 2. The van der Waals surface area contributed by atoms with Crippen LogP contribution in [0.25, 0.3) is 6.08 Å². The zero-order valence-electron chi connectivity index (χ0n) is 15.9. The Hall–Kier alpha value is -3.75. The molecule has 0 saturated carbocycles. The molecule has 2 aliphatic heterocycles. The van der Waals surface area contributed by atoms with E-state index in [1.165, 1.54) is 12.1 Å². The van der Waals surface area contributed by atoms with Gasteiger partial charge in [0, 0.05) is 25.2 Å². The van der Waals surface area contributed by atoms with Crippen LogP contribution in [0.5, 0.6) is 11.5 Å². The zero-order chi connectivity index (χ0) is 20.5. The summed E-state index contributed by atoms with van der Waals surface area (Å²) in [5.74, 6) is 0.376. The van der Waals surface area contributed by atoms with Crippen LogP contribution in [0.2, 0.25) is 0 Å². The number of nitrogens with one attached hydrogen (secondary N) is 1. The minimum Gasteiger partial charge on any atom is -0.454 e. The first-order valence-electron chi connectivity index (χ1n) is 9.17. The summed E-state index contributed by atoms with van der Waals surface area (Å²) in [5.41, 5.74) is 0.0566. The summed E-state index contributed by atoms with van der Waals surface area (Å²) in [7, 11) is 0. The number of carbonyl (C=O) groups is 3. The van der Waals surface area contributed by atoms with E-state index in [0.717, 1.165) is 18.0 Å². The quantitative estimate of drug-likeness (QED) is 0.611. The molecule has 150 valence electrons. The fraction of sp³-hybridized carbons (Fsp3) is 0.250. The summed E-state index contributed by atoms with van der Waals surface area (Å²) in [4.78, 5) is 40.4. The molecular weight excluding hydrogens is 378 g/mol. The summed E-state index contributed by atoms with van der Waals surface area (Å²) in [5, 5.41) is 2.18. The van der Waals surface area contributed by atoms with Gasteiger partial charge in [0.2, 0.25) is 6.79 Å². The minimum atomic E-state index is -0.834. The second-order valence-electron chi connectivity index (χ2n) is 6.34. The van der Waals surface area contributed by atoms with Gasteiger partial charge in [0.1, 0.15) is 11.3 Å². The largest absolute Gasteiger partial charge is 0.454 e. The third-order valence-electron chi connectivity index (χ3n) is 4.69. The van der Waals surface area contributed by atoms with Crippen molar-refractivity contribution in [3.8, 4) is 11.5 Å². The van der Waals surface area contributed by atoms with E-state index in [1.807, 2.05) is 18.7 Å². The van der Waals surface area contributed by atoms with Gasteiger partial charge in [0.25, 0.3) is 11.8 Å². The molecular formula is C20H19N3O6. The predicted octanol–water partition coefficient (Wildman–Crippen LogP) is 2.52. The lowest BCUT2D eigenvalue weighted by atomic mass is 10.1. The molecule has 0 unspecified atom stereocenters. The van der Waals surface area contributed by atoms with Gasteiger partial charge >= 0.3 is 6.03 Å². The third kappa shape index (κ3) is 3.31. The highest BCUT2D eigenvalue weighted by Crippen LogP contribution is 2.36. The standard InChI is InChI=1S/C20H19N3O6/c1-3-22(4-2)17-8-6-13(29-17)10-14-18(24)21-20(26)23(19(14)25)12-5-7-15-16(9-12)28-11-27-15/h5-10H,3-4,11H2,1-2H3,(H,21,24,26)/b14-10+. The summed E-state index contributed by atoms with van der Waals surface area (Å²) in [6.07, 6.45) is 1.33. The van der Waals surface area contributed by atoms with Gasteiger partial charge in [0.05, 0.1) is 5.69 Å². The van der Waals surface area contributed by atoms with Crippen molar-refractivity contribution in [2.24, 2.45) is 0 Å². The van der Waals surface area contributed by atoms with Crippen molar-refractivity contribution in [3.63, 3.8) is 0 Å². The minimum absolute atomic E-state index is 0.0654. The second-order valence-corrected chi connectivity index (χ2v) is 6.34. The molecule has 29 heavy (non-hydrogen) atoms. The van der Waals surface area contributed by atoms with Crippen LogP contribution < -0.4 is 24.6 Å². The van der Waals surface area contributed by atoms with E-state index in [9.17, 15) is 14.4 Å². The average molecular weight is 397 g/mol. The number of nitrogens with zero attached hydrogens (tertiary/aromatic N) is 2. The van der Waals surface area contributed by atoms with Crippen molar-refractivity contribution in [1.82, 2.24) is 5.32 Å². The van der Waals surface area contributed by atoms with Gasteiger partial charge in [0.15, 0.2) is 17.4 Å². The van der Waals surface area contributed by atoms with Gasteiger partial charge in [-0.25, -0.2) is 9.69 Å². The van der Waals surface area contributed by atoms with E-state index in [-0.39, 0.29) is 18.1 Å². The normalized spacial score (nSPS) is 17.1. The van der Waals surface area contributed by atoms with Gasteiger partial charge in [-0.3, -0.25) is 14.9 Å². The number of benzene rings is 1. The first kappa shape index (κ1) is 18.6. The number of hydrogen-bond acceptors (Lipinski definition) is 7. The van der Waals surface area contributed by atoms with Crippen LogP contribution in [-0.2, 0) is 9.59 Å². The van der Waals surface area contributed by atoms with E-state index < -0.39 is 17.8 Å². The smallest absolute Gasteiger partial charge is 0.335 e. The highest BCUT2D eigenvalue weighted by atomic mass is 16.7. The first-order chi connectivity index (χ1) is 14.0. The van der Waals surface area contributed by atoms with E-state index >= 15 is 0 Å². The highest BCUT2D eigenvalue weighted by Gasteiger charge is 2.37. The Morgan fingerprint density at radius 3 is 2.59 bits per heavy atom. The highest BCUT2D eigenvalue weighted by molar-refractivity contribution is 6.39. The topological polar surface area (TPSA) is 101 Å².